The summed E-state index contributed by atoms with van der Waals surface area (Å²) in [6, 6.07) is 16.5. The Kier molecular flexibility index (Phi) is 15.2. The number of allylic oxidation sites excluding steroid dienone is 1. The van der Waals surface area contributed by atoms with Gasteiger partial charge in [0.05, 0.1) is 12.5 Å². The monoisotopic (exact) mass is 562 g/mol. The van der Waals surface area contributed by atoms with E-state index in [2.05, 4.69) is 41.6 Å². The number of halogens is 2. The number of nitrogens with one attached hydrogen (secondary N) is 3. The fourth-order valence-electron chi connectivity index (χ4n) is 3.00. The molecule has 2 aromatic rings. The number of carbonyl (C=O) groups excluding carboxylic acids is 2. The molecule has 3 rings (SSSR count). The van der Waals surface area contributed by atoms with Crippen molar-refractivity contribution in [2.24, 2.45) is 16.8 Å². The van der Waals surface area contributed by atoms with E-state index >= 15 is 0 Å². The van der Waals surface area contributed by atoms with Crippen LogP contribution in [0.4, 0.5) is 10.5 Å². The van der Waals surface area contributed by atoms with Gasteiger partial charge in [-0.2, -0.15) is 0 Å². The summed E-state index contributed by atoms with van der Waals surface area (Å²) in [5.41, 5.74) is 5.28. The van der Waals surface area contributed by atoms with Crippen LogP contribution in [-0.2, 0) is 9.53 Å². The molecule has 2 amide bonds. The summed E-state index contributed by atoms with van der Waals surface area (Å²) in [4.78, 5) is 28.2. The summed E-state index contributed by atoms with van der Waals surface area (Å²) >= 11 is 11.4. The maximum atomic E-state index is 12.3. The van der Waals surface area contributed by atoms with Crippen LogP contribution in [0.1, 0.15) is 53.9 Å². The van der Waals surface area contributed by atoms with Crippen molar-refractivity contribution in [2.75, 3.05) is 11.9 Å². The van der Waals surface area contributed by atoms with Crippen LogP contribution < -0.4 is 16.2 Å². The van der Waals surface area contributed by atoms with E-state index < -0.39 is 11.7 Å². The van der Waals surface area contributed by atoms with Crippen LogP contribution in [0.25, 0.3) is 0 Å². The topological polar surface area (TPSA) is 91.8 Å². The van der Waals surface area contributed by atoms with E-state index in [-0.39, 0.29) is 11.8 Å². The van der Waals surface area contributed by atoms with E-state index in [0.29, 0.717) is 35.9 Å². The Morgan fingerprint density at radius 3 is 2.21 bits per heavy atom. The number of anilines is 1. The SMILES string of the molecule is C=CCC(C)C.CC(C)(C)OC(=O)NNC1=NCC(C(=O)Nc2cccc(Cl)c2)CC1.Clc1ccccc1. The molecule has 1 heterocycles. The number of aliphatic imine (C=N–C) groups is 1. The van der Waals surface area contributed by atoms with E-state index in [1.54, 1.807) is 45.0 Å². The van der Waals surface area contributed by atoms with Gasteiger partial charge in [0.15, 0.2) is 0 Å². The lowest BCUT2D eigenvalue weighted by atomic mass is 9.99. The second kappa shape index (κ2) is 17.5. The van der Waals surface area contributed by atoms with Crippen molar-refractivity contribution < 1.29 is 14.3 Å². The van der Waals surface area contributed by atoms with Crippen molar-refractivity contribution in [2.45, 2.75) is 59.5 Å². The van der Waals surface area contributed by atoms with E-state index in [1.165, 1.54) is 0 Å². The molecular formula is C29H40Cl2N4O3. The summed E-state index contributed by atoms with van der Waals surface area (Å²) in [6.07, 6.45) is 3.71. The second-order valence-corrected chi connectivity index (χ2v) is 10.9. The highest BCUT2D eigenvalue weighted by atomic mass is 35.5. The van der Waals surface area contributed by atoms with Crippen molar-refractivity contribution >= 4 is 46.7 Å². The summed E-state index contributed by atoms with van der Waals surface area (Å²) in [7, 11) is 0. The zero-order valence-electron chi connectivity index (χ0n) is 22.9. The maximum Gasteiger partial charge on any atom is 0.426 e. The molecule has 7 nitrogen and oxygen atoms in total. The van der Waals surface area contributed by atoms with Crippen LogP contribution in [0.15, 0.2) is 72.2 Å². The fraction of sp³-hybridized carbons (Fsp3) is 0.414. The minimum atomic E-state index is -0.573. The van der Waals surface area contributed by atoms with Gasteiger partial charge in [-0.1, -0.05) is 67.4 Å². The Morgan fingerprint density at radius 2 is 1.76 bits per heavy atom. The number of benzene rings is 2. The predicted octanol–water partition coefficient (Wildman–Crippen LogP) is 7.67. The highest BCUT2D eigenvalue weighted by molar-refractivity contribution is 6.31. The van der Waals surface area contributed by atoms with Crippen LogP contribution in [0.2, 0.25) is 10.0 Å². The average Bonchev–Trinajstić information content (AvgIpc) is 2.83. The molecule has 1 unspecified atom stereocenters. The van der Waals surface area contributed by atoms with Gasteiger partial charge in [0.25, 0.3) is 0 Å². The molecule has 0 saturated heterocycles. The highest BCUT2D eigenvalue weighted by Crippen LogP contribution is 2.19. The number of hydrogen-bond donors (Lipinski definition) is 3. The van der Waals surface area contributed by atoms with Gasteiger partial charge in [0, 0.05) is 22.2 Å². The smallest absolute Gasteiger partial charge is 0.426 e. The molecule has 0 radical (unpaired) electrons. The third-order valence-electron chi connectivity index (χ3n) is 4.77. The average molecular weight is 564 g/mol. The number of nitrogens with zero attached hydrogens (tertiary/aromatic N) is 1. The van der Waals surface area contributed by atoms with Crippen LogP contribution in [0.5, 0.6) is 0 Å². The van der Waals surface area contributed by atoms with Gasteiger partial charge >= 0.3 is 6.09 Å². The zero-order valence-corrected chi connectivity index (χ0v) is 24.4. The third-order valence-corrected chi connectivity index (χ3v) is 5.26. The number of hydrogen-bond acceptors (Lipinski definition) is 5. The molecule has 3 N–H and O–H groups in total. The van der Waals surface area contributed by atoms with E-state index in [1.807, 2.05) is 36.4 Å². The van der Waals surface area contributed by atoms with Crippen molar-refractivity contribution in [3.63, 3.8) is 0 Å². The molecule has 9 heteroatoms. The standard InChI is InChI=1S/C17H23ClN4O3.C6H5Cl.C6H12/c1-17(2,3)25-16(24)22-21-14-8-7-11(10-19-14)15(23)20-13-6-4-5-12(18)9-13;7-6-4-2-1-3-5-6;1-4-5-6(2)3/h4-6,9,11H,7-8,10H2,1-3H3,(H,19,21)(H,20,23)(H,22,24);1-5H;4,6H,1,5H2,2-3H3. The molecule has 0 aliphatic carbocycles. The highest BCUT2D eigenvalue weighted by Gasteiger charge is 2.23. The van der Waals surface area contributed by atoms with Crippen molar-refractivity contribution in [3.05, 3.63) is 77.3 Å². The van der Waals surface area contributed by atoms with Gasteiger partial charge in [-0.25, -0.2) is 10.2 Å². The number of amides is 2. The largest absolute Gasteiger partial charge is 0.443 e. The number of hydrazine groups is 1. The van der Waals surface area contributed by atoms with Crippen molar-refractivity contribution in [3.8, 4) is 0 Å². The molecule has 0 fully saturated rings. The lowest BCUT2D eigenvalue weighted by Gasteiger charge is -2.23. The van der Waals surface area contributed by atoms with E-state index in [0.717, 1.165) is 17.4 Å². The summed E-state index contributed by atoms with van der Waals surface area (Å²) in [6.45, 7) is 13.7. The minimum absolute atomic E-state index is 0.0924. The Balaban J connectivity index is 0.000000453. The molecule has 1 aliphatic rings. The van der Waals surface area contributed by atoms with Gasteiger partial charge in [-0.05, 0) is 69.9 Å². The van der Waals surface area contributed by atoms with Crippen molar-refractivity contribution in [1.82, 2.24) is 10.9 Å². The van der Waals surface area contributed by atoms with Crippen LogP contribution in [0, 0.1) is 11.8 Å². The molecule has 1 atom stereocenters. The molecule has 0 spiro atoms. The Hall–Kier alpha value is -3.03. The Labute approximate surface area is 237 Å². The summed E-state index contributed by atoms with van der Waals surface area (Å²) < 4.78 is 5.12. The Bertz CT molecular complexity index is 1040. The first kappa shape index (κ1) is 33.0. The number of amidine groups is 1. The van der Waals surface area contributed by atoms with Crippen LogP contribution in [-0.4, -0.2) is 30.0 Å². The van der Waals surface area contributed by atoms with Gasteiger partial charge in [-0.15, -0.1) is 6.58 Å². The number of rotatable bonds is 4. The third kappa shape index (κ3) is 15.9. The zero-order chi connectivity index (χ0) is 28.6. The first-order chi connectivity index (χ1) is 17.9. The first-order valence-electron chi connectivity index (χ1n) is 12.6. The van der Waals surface area contributed by atoms with Gasteiger partial charge in [-0.3, -0.25) is 15.2 Å². The van der Waals surface area contributed by atoms with Crippen LogP contribution >= 0.6 is 23.2 Å². The quantitative estimate of drug-likeness (QED) is 0.263. The fourth-order valence-corrected chi connectivity index (χ4v) is 3.34. The molecule has 208 valence electrons. The van der Waals surface area contributed by atoms with Gasteiger partial charge in [0.2, 0.25) is 5.91 Å². The minimum Gasteiger partial charge on any atom is -0.443 e. The summed E-state index contributed by atoms with van der Waals surface area (Å²) in [5.74, 6) is 1.09. The van der Waals surface area contributed by atoms with Gasteiger partial charge < -0.3 is 10.1 Å². The second-order valence-electron chi connectivity index (χ2n) is 9.99. The lowest BCUT2D eigenvalue weighted by Crippen LogP contribution is -2.45. The molecule has 0 bridgehead atoms. The Morgan fingerprint density at radius 1 is 1.11 bits per heavy atom. The first-order valence-corrected chi connectivity index (χ1v) is 13.3. The molecule has 0 saturated carbocycles. The van der Waals surface area contributed by atoms with Crippen molar-refractivity contribution in [1.29, 1.82) is 0 Å². The number of carbonyl (C=O) groups is 2. The normalized spacial score (nSPS) is 14.4. The predicted molar refractivity (Wildman–Crippen MR) is 159 cm³/mol. The number of ether oxygens (including phenoxy) is 1. The summed E-state index contributed by atoms with van der Waals surface area (Å²) in [5, 5.41) is 4.20. The molecule has 2 aromatic carbocycles. The molecular weight excluding hydrogens is 523 g/mol. The van der Waals surface area contributed by atoms with E-state index in [9.17, 15) is 9.59 Å². The van der Waals surface area contributed by atoms with E-state index in [4.69, 9.17) is 27.9 Å². The molecule has 0 aromatic heterocycles. The van der Waals surface area contributed by atoms with Crippen LogP contribution in [0.3, 0.4) is 0 Å². The molecule has 1 aliphatic heterocycles. The molecule has 38 heavy (non-hydrogen) atoms. The lowest BCUT2D eigenvalue weighted by molar-refractivity contribution is -0.119. The maximum absolute atomic E-state index is 12.3. The van der Waals surface area contributed by atoms with Gasteiger partial charge in [0.1, 0.15) is 11.4 Å².